The molecular weight excluding hydrogens is 200 g/mol. The van der Waals surface area contributed by atoms with Crippen LogP contribution < -0.4 is 4.90 Å². The van der Waals surface area contributed by atoms with E-state index in [1.165, 1.54) is 0 Å². The van der Waals surface area contributed by atoms with E-state index in [2.05, 4.69) is 23.7 Å². The highest BCUT2D eigenvalue weighted by molar-refractivity contribution is 5.95. The third kappa shape index (κ3) is 2.60. The minimum absolute atomic E-state index is 0.154. The summed E-state index contributed by atoms with van der Waals surface area (Å²) in [6.45, 7) is 9.96. The van der Waals surface area contributed by atoms with Crippen LogP contribution in [0.25, 0.3) is 0 Å². The average molecular weight is 220 g/mol. The number of Topliss-reactive ketones (excluding diaryl/α,β-unsaturated/α-hetero) is 1. The first-order valence-corrected chi connectivity index (χ1v) is 5.88. The zero-order valence-electron chi connectivity index (χ0n) is 10.6. The van der Waals surface area contributed by atoms with Gasteiger partial charge < -0.3 is 4.90 Å². The number of rotatable bonds is 5. The van der Waals surface area contributed by atoms with Crippen molar-refractivity contribution in [3.05, 3.63) is 23.4 Å². The molecule has 0 aliphatic heterocycles. The van der Waals surface area contributed by atoms with E-state index in [1.807, 2.05) is 19.9 Å². The van der Waals surface area contributed by atoms with Crippen molar-refractivity contribution in [1.29, 1.82) is 0 Å². The second-order valence-corrected chi connectivity index (χ2v) is 3.81. The van der Waals surface area contributed by atoms with Crippen LogP contribution in [-0.4, -0.2) is 23.9 Å². The van der Waals surface area contributed by atoms with Gasteiger partial charge >= 0.3 is 0 Å². The molecule has 0 bridgehead atoms. The number of hydrogen-bond donors (Lipinski definition) is 0. The number of anilines is 1. The molecule has 16 heavy (non-hydrogen) atoms. The largest absolute Gasteiger partial charge is 0.357 e. The monoisotopic (exact) mass is 220 g/mol. The van der Waals surface area contributed by atoms with E-state index in [0.29, 0.717) is 6.42 Å². The summed E-state index contributed by atoms with van der Waals surface area (Å²) < 4.78 is 0. The van der Waals surface area contributed by atoms with Crippen molar-refractivity contribution in [2.75, 3.05) is 18.0 Å². The summed E-state index contributed by atoms with van der Waals surface area (Å²) in [5.74, 6) is 1.14. The fourth-order valence-corrected chi connectivity index (χ4v) is 1.78. The van der Waals surface area contributed by atoms with E-state index in [4.69, 9.17) is 0 Å². The molecule has 1 aromatic heterocycles. The number of carbonyl (C=O) groups is 1. The van der Waals surface area contributed by atoms with Crippen LogP contribution in [0.4, 0.5) is 5.82 Å². The molecule has 0 amide bonds. The van der Waals surface area contributed by atoms with Gasteiger partial charge in [0.2, 0.25) is 0 Å². The van der Waals surface area contributed by atoms with Crippen molar-refractivity contribution in [2.24, 2.45) is 0 Å². The van der Waals surface area contributed by atoms with Gasteiger partial charge in [0.15, 0.2) is 5.78 Å². The van der Waals surface area contributed by atoms with Gasteiger partial charge in [0.1, 0.15) is 5.82 Å². The van der Waals surface area contributed by atoms with Crippen LogP contribution in [0.15, 0.2) is 12.3 Å². The summed E-state index contributed by atoms with van der Waals surface area (Å²) in [6, 6.07) is 1.94. The van der Waals surface area contributed by atoms with Gasteiger partial charge in [-0.05, 0) is 32.4 Å². The Bertz CT molecular complexity index is 370. The van der Waals surface area contributed by atoms with E-state index < -0.39 is 0 Å². The Morgan fingerprint density at radius 1 is 1.31 bits per heavy atom. The molecule has 0 N–H and O–H groups in total. The quantitative estimate of drug-likeness (QED) is 0.715. The molecule has 0 fully saturated rings. The molecule has 3 heteroatoms. The zero-order valence-corrected chi connectivity index (χ0v) is 10.6. The Labute approximate surface area is 97.5 Å². The number of hydrogen-bond acceptors (Lipinski definition) is 3. The van der Waals surface area contributed by atoms with Crippen LogP contribution in [-0.2, 0) is 0 Å². The van der Waals surface area contributed by atoms with Crippen molar-refractivity contribution in [1.82, 2.24) is 4.98 Å². The molecule has 1 heterocycles. The maximum absolute atomic E-state index is 11.5. The first-order chi connectivity index (χ1) is 7.63. The zero-order chi connectivity index (χ0) is 12.1. The summed E-state index contributed by atoms with van der Waals surface area (Å²) in [4.78, 5) is 18.1. The van der Waals surface area contributed by atoms with Crippen molar-refractivity contribution >= 4 is 11.6 Å². The fourth-order valence-electron chi connectivity index (χ4n) is 1.78. The van der Waals surface area contributed by atoms with Gasteiger partial charge in [-0.2, -0.15) is 0 Å². The number of aryl methyl sites for hydroxylation is 1. The average Bonchev–Trinajstić information content (AvgIpc) is 2.31. The maximum atomic E-state index is 11.5. The normalized spacial score (nSPS) is 10.2. The predicted molar refractivity (Wildman–Crippen MR) is 67.2 cm³/mol. The minimum atomic E-state index is 0.154. The number of nitrogens with zero attached hydrogens (tertiary/aromatic N) is 2. The molecule has 0 aliphatic carbocycles. The molecule has 1 aromatic rings. The summed E-state index contributed by atoms with van der Waals surface area (Å²) in [5.41, 5.74) is 1.79. The van der Waals surface area contributed by atoms with E-state index in [-0.39, 0.29) is 5.78 Å². The maximum Gasteiger partial charge on any atom is 0.164 e. The van der Waals surface area contributed by atoms with Crippen molar-refractivity contribution in [3.8, 4) is 0 Å². The van der Waals surface area contributed by atoms with Gasteiger partial charge in [-0.15, -0.1) is 0 Å². The molecule has 0 atom stereocenters. The van der Waals surface area contributed by atoms with Gasteiger partial charge in [0.05, 0.1) is 0 Å². The lowest BCUT2D eigenvalue weighted by atomic mass is 10.1. The number of carbonyl (C=O) groups excluding carboxylic acids is 1. The second kappa shape index (κ2) is 5.64. The topological polar surface area (TPSA) is 33.2 Å². The highest BCUT2D eigenvalue weighted by atomic mass is 16.1. The Hall–Kier alpha value is -1.38. The van der Waals surface area contributed by atoms with Gasteiger partial charge in [0.25, 0.3) is 0 Å². The van der Waals surface area contributed by atoms with Crippen molar-refractivity contribution in [3.63, 3.8) is 0 Å². The summed E-state index contributed by atoms with van der Waals surface area (Å²) >= 11 is 0. The lowest BCUT2D eigenvalue weighted by Gasteiger charge is -2.21. The van der Waals surface area contributed by atoms with Crippen molar-refractivity contribution in [2.45, 2.75) is 34.1 Å². The number of pyridine rings is 1. The standard InChI is InChI=1S/C13H20N2O/c1-5-12(16)11-8-10(4)13(14-9-11)15(6-2)7-3/h8-9H,5-7H2,1-4H3. The molecule has 3 nitrogen and oxygen atoms in total. The van der Waals surface area contributed by atoms with Crippen LogP contribution in [0.1, 0.15) is 43.1 Å². The first-order valence-electron chi connectivity index (χ1n) is 5.88. The van der Waals surface area contributed by atoms with Crippen molar-refractivity contribution < 1.29 is 4.79 Å². The van der Waals surface area contributed by atoms with Gasteiger partial charge in [-0.1, -0.05) is 6.92 Å². The van der Waals surface area contributed by atoms with Crippen LogP contribution in [0, 0.1) is 6.92 Å². The fraction of sp³-hybridized carbons (Fsp3) is 0.538. The summed E-state index contributed by atoms with van der Waals surface area (Å²) in [5, 5.41) is 0. The van der Waals surface area contributed by atoms with E-state index in [1.54, 1.807) is 6.20 Å². The molecule has 1 rings (SSSR count). The minimum Gasteiger partial charge on any atom is -0.357 e. The molecule has 0 saturated carbocycles. The van der Waals surface area contributed by atoms with Gasteiger partial charge in [-0.25, -0.2) is 4.98 Å². The Morgan fingerprint density at radius 3 is 2.38 bits per heavy atom. The molecule has 88 valence electrons. The first kappa shape index (κ1) is 12.7. The van der Waals surface area contributed by atoms with E-state index in [0.717, 1.165) is 30.0 Å². The lowest BCUT2D eigenvalue weighted by molar-refractivity contribution is 0.0988. The third-order valence-corrected chi connectivity index (χ3v) is 2.76. The Balaban J connectivity index is 3.04. The van der Waals surface area contributed by atoms with E-state index in [9.17, 15) is 4.79 Å². The second-order valence-electron chi connectivity index (χ2n) is 3.81. The molecule has 0 aromatic carbocycles. The predicted octanol–water partition coefficient (Wildman–Crippen LogP) is 2.83. The highest BCUT2D eigenvalue weighted by Gasteiger charge is 2.10. The van der Waals surface area contributed by atoms with E-state index >= 15 is 0 Å². The number of aromatic nitrogens is 1. The Kier molecular flexibility index (Phi) is 4.47. The summed E-state index contributed by atoms with van der Waals surface area (Å²) in [6.07, 6.45) is 2.22. The summed E-state index contributed by atoms with van der Waals surface area (Å²) in [7, 11) is 0. The SMILES string of the molecule is CCC(=O)c1cnc(N(CC)CC)c(C)c1. The highest BCUT2D eigenvalue weighted by Crippen LogP contribution is 2.18. The Morgan fingerprint density at radius 2 is 1.94 bits per heavy atom. The van der Waals surface area contributed by atoms with Gasteiger partial charge in [-0.3, -0.25) is 4.79 Å². The van der Waals surface area contributed by atoms with Gasteiger partial charge in [0, 0.05) is 31.3 Å². The smallest absolute Gasteiger partial charge is 0.164 e. The molecular formula is C13H20N2O. The van der Waals surface area contributed by atoms with Crippen LogP contribution >= 0.6 is 0 Å². The lowest BCUT2D eigenvalue weighted by Crippen LogP contribution is -2.24. The third-order valence-electron chi connectivity index (χ3n) is 2.76. The van der Waals surface area contributed by atoms with Crippen LogP contribution in [0.2, 0.25) is 0 Å². The molecule has 0 saturated heterocycles. The van der Waals surface area contributed by atoms with Crippen LogP contribution in [0.3, 0.4) is 0 Å². The molecule has 0 radical (unpaired) electrons. The number of ketones is 1. The van der Waals surface area contributed by atoms with Crippen LogP contribution in [0.5, 0.6) is 0 Å². The molecule has 0 unspecified atom stereocenters. The molecule has 0 aliphatic rings. The molecule has 0 spiro atoms.